The SMILES string of the molecule is CCC(C)n1ncc(NC(=O)Nc2cn[nH]c2C)c1C. The number of hydrogen-bond acceptors (Lipinski definition) is 3. The van der Waals surface area contributed by atoms with Gasteiger partial charge in [0.05, 0.1) is 35.2 Å². The van der Waals surface area contributed by atoms with Gasteiger partial charge in [0.2, 0.25) is 0 Å². The first-order valence-corrected chi connectivity index (χ1v) is 6.65. The van der Waals surface area contributed by atoms with E-state index in [-0.39, 0.29) is 6.03 Å². The first-order valence-electron chi connectivity index (χ1n) is 6.65. The number of aromatic amines is 1. The smallest absolute Gasteiger partial charge is 0.305 e. The van der Waals surface area contributed by atoms with Gasteiger partial charge in [-0.1, -0.05) is 6.92 Å². The Hall–Kier alpha value is -2.31. The Kier molecular flexibility index (Phi) is 4.07. The molecule has 2 amide bonds. The van der Waals surface area contributed by atoms with Crippen LogP contribution in [0.4, 0.5) is 16.2 Å². The summed E-state index contributed by atoms with van der Waals surface area (Å²) in [7, 11) is 0. The lowest BCUT2D eigenvalue weighted by Crippen LogP contribution is -2.20. The number of rotatable bonds is 4. The van der Waals surface area contributed by atoms with Gasteiger partial charge >= 0.3 is 6.03 Å². The van der Waals surface area contributed by atoms with Crippen molar-refractivity contribution >= 4 is 17.4 Å². The van der Waals surface area contributed by atoms with Crippen molar-refractivity contribution in [2.45, 2.75) is 40.2 Å². The lowest BCUT2D eigenvalue weighted by Gasteiger charge is -2.12. The second-order valence-electron chi connectivity index (χ2n) is 4.83. The van der Waals surface area contributed by atoms with E-state index in [9.17, 15) is 4.79 Å². The maximum atomic E-state index is 11.9. The summed E-state index contributed by atoms with van der Waals surface area (Å²) in [5.41, 5.74) is 3.13. The highest BCUT2D eigenvalue weighted by Crippen LogP contribution is 2.20. The van der Waals surface area contributed by atoms with Crippen LogP contribution in [0.15, 0.2) is 12.4 Å². The molecular formula is C13H20N6O. The third-order valence-corrected chi connectivity index (χ3v) is 3.38. The second-order valence-corrected chi connectivity index (χ2v) is 4.83. The van der Waals surface area contributed by atoms with Crippen molar-refractivity contribution in [3.05, 3.63) is 23.8 Å². The predicted octanol–water partition coefficient (Wildman–Crippen LogP) is 2.84. The summed E-state index contributed by atoms with van der Waals surface area (Å²) in [6.45, 7) is 7.98. The first-order chi connectivity index (χ1) is 9.52. The van der Waals surface area contributed by atoms with Gasteiger partial charge in [-0.05, 0) is 27.2 Å². The quantitative estimate of drug-likeness (QED) is 0.802. The van der Waals surface area contributed by atoms with Crippen molar-refractivity contribution in [2.24, 2.45) is 0 Å². The van der Waals surface area contributed by atoms with Crippen molar-refractivity contribution in [1.82, 2.24) is 20.0 Å². The minimum Gasteiger partial charge on any atom is -0.305 e. The third-order valence-electron chi connectivity index (χ3n) is 3.38. The number of carbonyl (C=O) groups is 1. The van der Waals surface area contributed by atoms with E-state index in [4.69, 9.17) is 0 Å². The normalized spacial score (nSPS) is 12.2. The van der Waals surface area contributed by atoms with Crippen LogP contribution in [0.2, 0.25) is 0 Å². The van der Waals surface area contributed by atoms with Crippen LogP contribution in [0.25, 0.3) is 0 Å². The Morgan fingerprint density at radius 2 is 2.05 bits per heavy atom. The molecule has 1 unspecified atom stereocenters. The summed E-state index contributed by atoms with van der Waals surface area (Å²) in [5, 5.41) is 16.5. The molecule has 0 saturated carbocycles. The molecule has 7 heteroatoms. The zero-order chi connectivity index (χ0) is 14.7. The van der Waals surface area contributed by atoms with Crippen LogP contribution >= 0.6 is 0 Å². The molecule has 0 radical (unpaired) electrons. The van der Waals surface area contributed by atoms with E-state index in [0.29, 0.717) is 17.4 Å². The molecule has 20 heavy (non-hydrogen) atoms. The zero-order valence-corrected chi connectivity index (χ0v) is 12.2. The van der Waals surface area contributed by atoms with Crippen LogP contribution in [0, 0.1) is 13.8 Å². The van der Waals surface area contributed by atoms with E-state index in [1.165, 1.54) is 0 Å². The Labute approximate surface area is 117 Å². The summed E-state index contributed by atoms with van der Waals surface area (Å²) < 4.78 is 1.92. The van der Waals surface area contributed by atoms with Crippen LogP contribution in [0.3, 0.4) is 0 Å². The van der Waals surface area contributed by atoms with E-state index < -0.39 is 0 Å². The average molecular weight is 276 g/mol. The van der Waals surface area contributed by atoms with Crippen molar-refractivity contribution in [2.75, 3.05) is 10.6 Å². The summed E-state index contributed by atoms with van der Waals surface area (Å²) in [5.74, 6) is 0. The number of aryl methyl sites for hydroxylation is 1. The van der Waals surface area contributed by atoms with Gasteiger partial charge in [0.1, 0.15) is 0 Å². The van der Waals surface area contributed by atoms with Gasteiger partial charge in [-0.2, -0.15) is 10.2 Å². The molecule has 0 aliphatic rings. The van der Waals surface area contributed by atoms with Crippen LogP contribution in [-0.2, 0) is 0 Å². The molecule has 0 spiro atoms. The minimum absolute atomic E-state index is 0.304. The summed E-state index contributed by atoms with van der Waals surface area (Å²) in [6.07, 6.45) is 4.23. The van der Waals surface area contributed by atoms with Crippen molar-refractivity contribution in [3.8, 4) is 0 Å². The molecule has 2 aromatic rings. The number of carbonyl (C=O) groups excluding carboxylic acids is 1. The van der Waals surface area contributed by atoms with Gasteiger partial charge in [0, 0.05) is 6.04 Å². The Balaban J connectivity index is 2.05. The molecule has 1 atom stereocenters. The highest BCUT2D eigenvalue weighted by Gasteiger charge is 2.13. The van der Waals surface area contributed by atoms with Gasteiger partial charge in [0.25, 0.3) is 0 Å². The molecule has 0 fully saturated rings. The molecule has 0 aromatic carbocycles. The molecule has 0 aliphatic carbocycles. The molecule has 2 heterocycles. The molecule has 108 valence electrons. The standard InChI is InChI=1S/C13H20N6O/c1-5-8(2)19-10(4)12(7-15-19)17-13(20)16-11-6-14-18-9(11)3/h6-8H,5H2,1-4H3,(H,14,18)(H2,16,17,20). The number of amides is 2. The van der Waals surface area contributed by atoms with Crippen molar-refractivity contribution in [3.63, 3.8) is 0 Å². The van der Waals surface area contributed by atoms with Crippen molar-refractivity contribution < 1.29 is 4.79 Å². The Bertz CT molecular complexity index is 600. The first kappa shape index (κ1) is 14.1. The number of urea groups is 1. The number of aromatic nitrogens is 4. The highest BCUT2D eigenvalue weighted by molar-refractivity contribution is 6.00. The van der Waals surface area contributed by atoms with Gasteiger partial charge < -0.3 is 10.6 Å². The Morgan fingerprint density at radius 1 is 1.35 bits per heavy atom. The van der Waals surface area contributed by atoms with E-state index >= 15 is 0 Å². The van der Waals surface area contributed by atoms with Crippen LogP contribution in [0.5, 0.6) is 0 Å². The predicted molar refractivity (Wildman–Crippen MR) is 77.9 cm³/mol. The van der Waals surface area contributed by atoms with Gasteiger partial charge in [-0.15, -0.1) is 0 Å². The third kappa shape index (κ3) is 2.81. The van der Waals surface area contributed by atoms with Gasteiger partial charge in [0.15, 0.2) is 0 Å². The number of hydrogen-bond donors (Lipinski definition) is 3. The number of anilines is 2. The minimum atomic E-state index is -0.304. The molecule has 2 rings (SSSR count). The van der Waals surface area contributed by atoms with Crippen LogP contribution in [-0.4, -0.2) is 26.0 Å². The number of nitrogens with zero attached hydrogens (tertiary/aromatic N) is 3. The monoisotopic (exact) mass is 276 g/mol. The summed E-state index contributed by atoms with van der Waals surface area (Å²) in [6, 6.07) is 0.00558. The van der Waals surface area contributed by atoms with E-state index in [1.807, 2.05) is 18.5 Å². The van der Waals surface area contributed by atoms with Crippen LogP contribution in [0.1, 0.15) is 37.7 Å². The molecule has 0 aliphatic heterocycles. The topological polar surface area (TPSA) is 87.6 Å². The fourth-order valence-electron chi connectivity index (χ4n) is 1.92. The number of H-pyrrole nitrogens is 1. The lowest BCUT2D eigenvalue weighted by molar-refractivity contribution is 0.262. The van der Waals surface area contributed by atoms with Crippen molar-refractivity contribution in [1.29, 1.82) is 0 Å². The molecule has 2 aromatic heterocycles. The fourth-order valence-corrected chi connectivity index (χ4v) is 1.92. The molecule has 7 nitrogen and oxygen atoms in total. The maximum absolute atomic E-state index is 11.9. The Morgan fingerprint density at radius 3 is 2.65 bits per heavy atom. The molecule has 0 saturated heterocycles. The van der Waals surface area contributed by atoms with E-state index in [0.717, 1.165) is 17.8 Å². The maximum Gasteiger partial charge on any atom is 0.323 e. The fraction of sp³-hybridized carbons (Fsp3) is 0.462. The average Bonchev–Trinajstić information content (AvgIpc) is 2.97. The largest absolute Gasteiger partial charge is 0.323 e. The molecule has 0 bridgehead atoms. The zero-order valence-electron chi connectivity index (χ0n) is 12.2. The summed E-state index contributed by atoms with van der Waals surface area (Å²) >= 11 is 0. The highest BCUT2D eigenvalue weighted by atomic mass is 16.2. The van der Waals surface area contributed by atoms with Crippen LogP contribution < -0.4 is 10.6 Å². The second kappa shape index (κ2) is 5.77. The molecule has 3 N–H and O–H groups in total. The number of nitrogens with one attached hydrogen (secondary N) is 3. The van der Waals surface area contributed by atoms with E-state index in [1.54, 1.807) is 12.4 Å². The van der Waals surface area contributed by atoms with E-state index in [2.05, 4.69) is 39.8 Å². The van der Waals surface area contributed by atoms with Gasteiger partial charge in [-0.3, -0.25) is 9.78 Å². The lowest BCUT2D eigenvalue weighted by atomic mass is 10.2. The summed E-state index contributed by atoms with van der Waals surface area (Å²) in [4.78, 5) is 11.9. The van der Waals surface area contributed by atoms with Gasteiger partial charge in [-0.25, -0.2) is 4.79 Å². The molecular weight excluding hydrogens is 256 g/mol.